The lowest BCUT2D eigenvalue weighted by molar-refractivity contribution is -0.274. The Morgan fingerprint density at radius 3 is 1.88 bits per heavy atom. The Balaban J connectivity index is 1.39. The molecule has 32 heavy (non-hydrogen) atoms. The van der Waals surface area contributed by atoms with Crippen LogP contribution in [0.4, 0.5) is 13.2 Å². The predicted octanol–water partition coefficient (Wildman–Crippen LogP) is 9.00. The van der Waals surface area contributed by atoms with Crippen molar-refractivity contribution in [1.82, 2.24) is 0 Å². The van der Waals surface area contributed by atoms with Crippen molar-refractivity contribution in [2.45, 2.75) is 96.3 Å². The number of alkyl halides is 3. The van der Waals surface area contributed by atoms with Crippen molar-refractivity contribution in [3.8, 4) is 5.75 Å². The van der Waals surface area contributed by atoms with Crippen molar-refractivity contribution in [2.24, 2.45) is 5.92 Å². The molecule has 2 aromatic rings. The maximum atomic E-state index is 12.3. The van der Waals surface area contributed by atoms with Crippen LogP contribution in [0.25, 0.3) is 0 Å². The van der Waals surface area contributed by atoms with Crippen LogP contribution in [0, 0.1) is 5.92 Å². The second-order valence-electron chi connectivity index (χ2n) is 9.35. The molecular weight excluding hydrogens is 409 g/mol. The molecule has 1 aliphatic rings. The Hall–Kier alpha value is -1.97. The molecule has 2 aromatic carbocycles. The van der Waals surface area contributed by atoms with Crippen LogP contribution in [0.15, 0.2) is 48.5 Å². The third-order valence-corrected chi connectivity index (χ3v) is 6.87. The number of unbranched alkanes of at least 4 members (excludes halogenated alkanes) is 4. The summed E-state index contributed by atoms with van der Waals surface area (Å²) in [6.45, 7) is 2.27. The maximum absolute atomic E-state index is 12.3. The summed E-state index contributed by atoms with van der Waals surface area (Å²) in [5.74, 6) is 1.46. The minimum atomic E-state index is -4.64. The molecule has 1 nitrogen and oxygen atoms in total. The van der Waals surface area contributed by atoms with E-state index in [4.69, 9.17) is 0 Å². The topological polar surface area (TPSA) is 9.23 Å². The number of rotatable bonds is 11. The van der Waals surface area contributed by atoms with Crippen molar-refractivity contribution >= 4 is 0 Å². The predicted molar refractivity (Wildman–Crippen MR) is 125 cm³/mol. The lowest BCUT2D eigenvalue weighted by Crippen LogP contribution is -2.17. The lowest BCUT2D eigenvalue weighted by Gasteiger charge is -2.29. The molecule has 0 aromatic heterocycles. The smallest absolute Gasteiger partial charge is 0.406 e. The van der Waals surface area contributed by atoms with Crippen LogP contribution in [0.5, 0.6) is 5.75 Å². The highest BCUT2D eigenvalue weighted by Crippen LogP contribution is 2.38. The molecule has 1 fully saturated rings. The van der Waals surface area contributed by atoms with E-state index in [1.165, 1.54) is 87.5 Å². The SMILES string of the molecule is CCCCCCCC1CCC(c2ccc(CCc3ccc(OC(F)(F)F)cc3)cc2)CC1. The van der Waals surface area contributed by atoms with E-state index in [2.05, 4.69) is 35.9 Å². The van der Waals surface area contributed by atoms with Crippen LogP contribution in [0.1, 0.15) is 93.7 Å². The highest BCUT2D eigenvalue weighted by molar-refractivity contribution is 5.30. The summed E-state index contributed by atoms with van der Waals surface area (Å²) >= 11 is 0. The van der Waals surface area contributed by atoms with Crippen LogP contribution in [-0.4, -0.2) is 6.36 Å². The summed E-state index contributed by atoms with van der Waals surface area (Å²) in [6, 6.07) is 15.2. The Morgan fingerprint density at radius 1 is 0.750 bits per heavy atom. The maximum Gasteiger partial charge on any atom is 0.573 e. The molecule has 0 spiro atoms. The summed E-state index contributed by atoms with van der Waals surface area (Å²) < 4.78 is 40.7. The van der Waals surface area contributed by atoms with Gasteiger partial charge in [0.25, 0.3) is 0 Å². The number of hydrogen-bond donors (Lipinski definition) is 0. The van der Waals surface area contributed by atoms with Crippen LogP contribution in [0.2, 0.25) is 0 Å². The van der Waals surface area contributed by atoms with Gasteiger partial charge in [-0.05, 0) is 79.2 Å². The normalized spacial score (nSPS) is 19.1. The highest BCUT2D eigenvalue weighted by Gasteiger charge is 2.30. The van der Waals surface area contributed by atoms with E-state index in [1.807, 2.05) is 0 Å². The molecule has 1 saturated carbocycles. The Labute approximate surface area is 191 Å². The van der Waals surface area contributed by atoms with Crippen LogP contribution in [-0.2, 0) is 12.8 Å². The second kappa shape index (κ2) is 12.3. The summed E-state index contributed by atoms with van der Waals surface area (Å²) in [5.41, 5.74) is 3.74. The van der Waals surface area contributed by atoms with Crippen LogP contribution in [0.3, 0.4) is 0 Å². The van der Waals surface area contributed by atoms with Gasteiger partial charge in [0.15, 0.2) is 0 Å². The second-order valence-corrected chi connectivity index (χ2v) is 9.35. The van der Waals surface area contributed by atoms with Gasteiger partial charge in [0, 0.05) is 0 Å². The minimum Gasteiger partial charge on any atom is -0.406 e. The van der Waals surface area contributed by atoms with Gasteiger partial charge in [-0.1, -0.05) is 81.8 Å². The molecule has 4 heteroatoms. The van der Waals surface area contributed by atoms with Gasteiger partial charge in [0.05, 0.1) is 0 Å². The number of halogens is 3. The average molecular weight is 447 g/mol. The van der Waals surface area contributed by atoms with Gasteiger partial charge in [0.1, 0.15) is 5.75 Å². The summed E-state index contributed by atoms with van der Waals surface area (Å²) in [7, 11) is 0. The zero-order valence-corrected chi connectivity index (χ0v) is 19.3. The molecule has 0 amide bonds. The molecule has 1 aliphatic carbocycles. The van der Waals surface area contributed by atoms with Gasteiger partial charge in [-0.3, -0.25) is 0 Å². The Bertz CT molecular complexity index is 772. The molecule has 0 N–H and O–H groups in total. The molecule has 176 valence electrons. The average Bonchev–Trinajstić information content (AvgIpc) is 2.78. The van der Waals surface area contributed by atoms with Crippen molar-refractivity contribution in [1.29, 1.82) is 0 Å². The molecule has 0 aliphatic heterocycles. The van der Waals surface area contributed by atoms with E-state index >= 15 is 0 Å². The minimum absolute atomic E-state index is 0.170. The number of benzene rings is 2. The fourth-order valence-electron chi connectivity index (χ4n) is 4.92. The first-order chi connectivity index (χ1) is 15.4. The largest absolute Gasteiger partial charge is 0.573 e. The van der Waals surface area contributed by atoms with Crippen molar-refractivity contribution < 1.29 is 17.9 Å². The third-order valence-electron chi connectivity index (χ3n) is 6.87. The third kappa shape index (κ3) is 8.52. The van der Waals surface area contributed by atoms with Gasteiger partial charge in [-0.2, -0.15) is 0 Å². The first kappa shape index (κ1) is 24.7. The van der Waals surface area contributed by atoms with E-state index in [0.717, 1.165) is 24.3 Å². The zero-order chi connectivity index (χ0) is 22.8. The van der Waals surface area contributed by atoms with Gasteiger partial charge in [0.2, 0.25) is 0 Å². The Kier molecular flexibility index (Phi) is 9.50. The first-order valence-electron chi connectivity index (χ1n) is 12.4. The van der Waals surface area contributed by atoms with E-state index in [0.29, 0.717) is 5.92 Å². The zero-order valence-electron chi connectivity index (χ0n) is 19.3. The fraction of sp³-hybridized carbons (Fsp3) is 0.571. The van der Waals surface area contributed by atoms with E-state index in [1.54, 1.807) is 12.1 Å². The standard InChI is InChI=1S/C28H37F3O/c1-2-3-4-5-6-7-22-10-16-25(17-11-22)26-18-12-23(13-19-26)8-9-24-14-20-27(21-15-24)32-28(29,30)31/h12-15,18-22,25H,2-11,16-17H2,1H3. The Morgan fingerprint density at radius 2 is 1.31 bits per heavy atom. The van der Waals surface area contributed by atoms with Crippen LogP contribution < -0.4 is 4.74 Å². The molecule has 0 radical (unpaired) electrons. The first-order valence-corrected chi connectivity index (χ1v) is 12.4. The van der Waals surface area contributed by atoms with Crippen molar-refractivity contribution in [2.75, 3.05) is 0 Å². The van der Waals surface area contributed by atoms with Gasteiger partial charge in [-0.25, -0.2) is 0 Å². The van der Waals surface area contributed by atoms with E-state index < -0.39 is 6.36 Å². The monoisotopic (exact) mass is 446 g/mol. The highest BCUT2D eigenvalue weighted by atomic mass is 19.4. The summed E-state index contributed by atoms with van der Waals surface area (Å²) in [6.07, 6.45) is 10.7. The molecule has 0 heterocycles. The number of ether oxygens (including phenoxy) is 1. The molecule has 0 bridgehead atoms. The van der Waals surface area contributed by atoms with E-state index in [9.17, 15) is 13.2 Å². The van der Waals surface area contributed by atoms with Gasteiger partial charge in [-0.15, -0.1) is 13.2 Å². The summed E-state index contributed by atoms with van der Waals surface area (Å²) in [5, 5.41) is 0. The number of hydrogen-bond acceptors (Lipinski definition) is 1. The number of aryl methyl sites for hydroxylation is 2. The molecule has 0 saturated heterocycles. The molecule has 0 unspecified atom stereocenters. The van der Waals surface area contributed by atoms with Gasteiger partial charge >= 0.3 is 6.36 Å². The van der Waals surface area contributed by atoms with Crippen molar-refractivity contribution in [3.63, 3.8) is 0 Å². The van der Waals surface area contributed by atoms with Crippen LogP contribution >= 0.6 is 0 Å². The fourth-order valence-corrected chi connectivity index (χ4v) is 4.92. The molecular formula is C28H37F3O. The molecule has 0 atom stereocenters. The summed E-state index contributed by atoms with van der Waals surface area (Å²) in [4.78, 5) is 0. The lowest BCUT2D eigenvalue weighted by atomic mass is 9.77. The van der Waals surface area contributed by atoms with E-state index in [-0.39, 0.29) is 5.75 Å². The quantitative estimate of drug-likeness (QED) is 0.313. The molecule has 3 rings (SSSR count). The van der Waals surface area contributed by atoms with Crippen molar-refractivity contribution in [3.05, 3.63) is 65.2 Å². The van der Waals surface area contributed by atoms with Gasteiger partial charge < -0.3 is 4.74 Å².